The Morgan fingerprint density at radius 2 is 2.17 bits per heavy atom. The van der Waals surface area contributed by atoms with E-state index in [2.05, 4.69) is 10.6 Å². The van der Waals surface area contributed by atoms with Gasteiger partial charge < -0.3 is 10.6 Å². The normalized spacial score (nSPS) is 29.8. The number of amides is 2. The molecule has 0 aromatic heterocycles. The zero-order valence-electron chi connectivity index (χ0n) is 10.9. The second kappa shape index (κ2) is 6.45. The Morgan fingerprint density at radius 3 is 2.94 bits per heavy atom. The van der Waals surface area contributed by atoms with E-state index in [1.807, 2.05) is 18.7 Å². The van der Waals surface area contributed by atoms with Gasteiger partial charge >= 0.3 is 6.03 Å². The van der Waals surface area contributed by atoms with Crippen LogP contribution < -0.4 is 10.6 Å². The molecule has 3 atom stereocenters. The maximum Gasteiger partial charge on any atom is 0.315 e. The van der Waals surface area contributed by atoms with Crippen molar-refractivity contribution in [2.24, 2.45) is 0 Å². The first-order chi connectivity index (χ1) is 8.70. The summed E-state index contributed by atoms with van der Waals surface area (Å²) in [6.45, 7) is 2.04. The Bertz CT molecular complexity index is 322. The van der Waals surface area contributed by atoms with Crippen molar-refractivity contribution >= 4 is 23.6 Å². The van der Waals surface area contributed by atoms with Crippen LogP contribution in [0.5, 0.6) is 0 Å². The lowest BCUT2D eigenvalue weighted by Crippen LogP contribution is -2.36. The molecule has 2 fully saturated rings. The summed E-state index contributed by atoms with van der Waals surface area (Å²) in [6, 6.07) is 0.594. The third-order valence-electron chi connectivity index (χ3n) is 3.66. The number of Topliss-reactive ketones (excluding diaryl/α,β-unsaturated/α-hetero) is 1. The fourth-order valence-corrected chi connectivity index (χ4v) is 4.26. The van der Waals surface area contributed by atoms with Crippen LogP contribution in [0.3, 0.4) is 0 Å². The van der Waals surface area contributed by atoms with Gasteiger partial charge in [-0.05, 0) is 19.3 Å². The number of rotatable bonds is 7. The van der Waals surface area contributed by atoms with E-state index in [1.54, 1.807) is 0 Å². The number of hydrogen-bond donors (Lipinski definition) is 2. The van der Waals surface area contributed by atoms with Gasteiger partial charge in [0.2, 0.25) is 0 Å². The van der Waals surface area contributed by atoms with E-state index in [-0.39, 0.29) is 6.03 Å². The van der Waals surface area contributed by atoms with Gasteiger partial charge in [-0.3, -0.25) is 4.79 Å². The van der Waals surface area contributed by atoms with Gasteiger partial charge in [-0.2, -0.15) is 11.8 Å². The van der Waals surface area contributed by atoms with Gasteiger partial charge in [0.15, 0.2) is 0 Å². The summed E-state index contributed by atoms with van der Waals surface area (Å²) in [5.74, 6) is 1.41. The molecule has 0 aromatic carbocycles. The van der Waals surface area contributed by atoms with Crippen LogP contribution in [0.15, 0.2) is 0 Å². The number of urea groups is 1. The fraction of sp³-hybridized carbons (Fsp3) is 0.846. The molecule has 2 heterocycles. The highest BCUT2D eigenvalue weighted by atomic mass is 32.2. The predicted octanol–water partition coefficient (Wildman–Crippen LogP) is 2.08. The summed E-state index contributed by atoms with van der Waals surface area (Å²) in [5, 5.41) is 6.47. The van der Waals surface area contributed by atoms with Crippen molar-refractivity contribution in [3.05, 3.63) is 0 Å². The van der Waals surface area contributed by atoms with Crippen molar-refractivity contribution in [3.63, 3.8) is 0 Å². The molecule has 0 saturated carbocycles. The summed E-state index contributed by atoms with van der Waals surface area (Å²) in [4.78, 5) is 22.6. The van der Waals surface area contributed by atoms with Crippen LogP contribution in [-0.4, -0.2) is 34.9 Å². The second-order valence-electron chi connectivity index (χ2n) is 5.16. The molecule has 2 rings (SSSR count). The largest absolute Gasteiger partial charge is 0.332 e. The summed E-state index contributed by atoms with van der Waals surface area (Å²) in [7, 11) is 0. The molecule has 0 radical (unpaired) electrons. The van der Waals surface area contributed by atoms with Gasteiger partial charge in [0.05, 0.1) is 12.1 Å². The summed E-state index contributed by atoms with van der Waals surface area (Å²) in [5.41, 5.74) is 0. The molecule has 2 saturated heterocycles. The Labute approximate surface area is 113 Å². The Balaban J connectivity index is 1.62. The average Bonchev–Trinajstić information content (AvgIpc) is 2.85. The molecule has 0 aliphatic carbocycles. The minimum absolute atomic E-state index is 0.0200. The first-order valence-electron chi connectivity index (χ1n) is 6.91. The van der Waals surface area contributed by atoms with Gasteiger partial charge in [0.1, 0.15) is 5.78 Å². The van der Waals surface area contributed by atoms with Crippen molar-refractivity contribution < 1.29 is 9.59 Å². The van der Waals surface area contributed by atoms with Crippen molar-refractivity contribution in [2.75, 3.05) is 5.75 Å². The van der Waals surface area contributed by atoms with Gasteiger partial charge in [-0.1, -0.05) is 13.3 Å². The number of fused-ring (bicyclic) bond motifs is 1. The maximum atomic E-state index is 11.4. The van der Waals surface area contributed by atoms with Crippen LogP contribution in [0, 0.1) is 0 Å². The zero-order chi connectivity index (χ0) is 13.0. The molecule has 0 bridgehead atoms. The molecule has 4 nitrogen and oxygen atoms in total. The van der Waals surface area contributed by atoms with Crippen LogP contribution in [0.2, 0.25) is 0 Å². The number of carbonyl (C=O) groups is 2. The highest BCUT2D eigenvalue weighted by Crippen LogP contribution is 2.33. The number of carbonyl (C=O) groups excluding carboxylic acids is 2. The molecular formula is C13H22N2O2S. The fourth-order valence-electron chi connectivity index (χ4n) is 2.71. The van der Waals surface area contributed by atoms with Gasteiger partial charge in [-0.25, -0.2) is 4.79 Å². The number of ketones is 1. The molecule has 0 unspecified atom stereocenters. The van der Waals surface area contributed by atoms with Crippen LogP contribution in [-0.2, 0) is 4.79 Å². The quantitative estimate of drug-likeness (QED) is 0.550. The molecule has 2 aliphatic rings. The minimum Gasteiger partial charge on any atom is -0.332 e. The highest BCUT2D eigenvalue weighted by Gasteiger charge is 2.42. The summed E-state index contributed by atoms with van der Waals surface area (Å²) in [6.07, 6.45) is 5.60. The van der Waals surface area contributed by atoms with E-state index >= 15 is 0 Å². The smallest absolute Gasteiger partial charge is 0.315 e. The predicted molar refractivity (Wildman–Crippen MR) is 73.9 cm³/mol. The minimum atomic E-state index is -0.0200. The van der Waals surface area contributed by atoms with E-state index in [1.165, 1.54) is 0 Å². The van der Waals surface area contributed by atoms with E-state index < -0.39 is 0 Å². The summed E-state index contributed by atoms with van der Waals surface area (Å²) < 4.78 is 0. The third-order valence-corrected chi connectivity index (χ3v) is 5.17. The van der Waals surface area contributed by atoms with Crippen LogP contribution in [0.25, 0.3) is 0 Å². The Morgan fingerprint density at radius 1 is 1.33 bits per heavy atom. The van der Waals surface area contributed by atoms with E-state index in [0.717, 1.165) is 44.3 Å². The van der Waals surface area contributed by atoms with Crippen molar-refractivity contribution in [1.29, 1.82) is 0 Å². The lowest BCUT2D eigenvalue weighted by atomic mass is 10.0. The topological polar surface area (TPSA) is 58.2 Å². The molecule has 18 heavy (non-hydrogen) atoms. The van der Waals surface area contributed by atoms with Crippen LogP contribution in [0.4, 0.5) is 4.79 Å². The second-order valence-corrected chi connectivity index (χ2v) is 6.43. The molecule has 0 spiro atoms. The average molecular weight is 270 g/mol. The number of unbranched alkanes of at least 4 members (excludes halogenated alkanes) is 1. The first kappa shape index (κ1) is 13.7. The maximum absolute atomic E-state index is 11.4. The standard InChI is InChI=1S/C13H22N2O2S/c1-2-5-9(16)6-3-4-7-11-12-10(8-18-11)14-13(17)15-12/h10-12H,2-8H2,1H3,(H2,14,15,17)/t10-,11-,12-/m0/s1. The van der Waals surface area contributed by atoms with Crippen LogP contribution >= 0.6 is 11.8 Å². The Kier molecular flexibility index (Phi) is 4.92. The molecule has 2 aliphatic heterocycles. The number of nitrogens with one attached hydrogen (secondary N) is 2. The number of thioether (sulfide) groups is 1. The first-order valence-corrected chi connectivity index (χ1v) is 7.96. The SMILES string of the molecule is CCCC(=O)CCCC[C@@H]1SC[C@@H]2NC(=O)N[C@@H]21. The van der Waals surface area contributed by atoms with Crippen LogP contribution in [0.1, 0.15) is 45.4 Å². The zero-order valence-corrected chi connectivity index (χ0v) is 11.7. The van der Waals surface area contributed by atoms with E-state index in [4.69, 9.17) is 0 Å². The lowest BCUT2D eigenvalue weighted by molar-refractivity contribution is -0.119. The molecule has 102 valence electrons. The number of hydrogen-bond acceptors (Lipinski definition) is 3. The lowest BCUT2D eigenvalue weighted by Gasteiger charge is -2.16. The van der Waals surface area contributed by atoms with Crippen molar-refractivity contribution in [1.82, 2.24) is 10.6 Å². The Hall–Kier alpha value is -0.710. The molecule has 0 aromatic rings. The van der Waals surface area contributed by atoms with Crippen molar-refractivity contribution in [3.8, 4) is 0 Å². The summed E-state index contributed by atoms with van der Waals surface area (Å²) >= 11 is 1.94. The van der Waals surface area contributed by atoms with Gasteiger partial charge in [-0.15, -0.1) is 0 Å². The monoisotopic (exact) mass is 270 g/mol. The van der Waals surface area contributed by atoms with E-state index in [0.29, 0.717) is 23.1 Å². The van der Waals surface area contributed by atoms with Gasteiger partial charge in [0, 0.05) is 23.8 Å². The van der Waals surface area contributed by atoms with Gasteiger partial charge in [0.25, 0.3) is 0 Å². The molecule has 2 N–H and O–H groups in total. The molecule has 5 heteroatoms. The molecular weight excluding hydrogens is 248 g/mol. The third kappa shape index (κ3) is 3.40. The highest BCUT2D eigenvalue weighted by molar-refractivity contribution is 8.00. The molecule has 2 amide bonds. The van der Waals surface area contributed by atoms with E-state index in [9.17, 15) is 9.59 Å². The van der Waals surface area contributed by atoms with Crippen molar-refractivity contribution in [2.45, 2.75) is 62.8 Å².